The van der Waals surface area contributed by atoms with Gasteiger partial charge in [0.05, 0.1) is 23.4 Å². The van der Waals surface area contributed by atoms with Gasteiger partial charge in [-0.25, -0.2) is 4.98 Å². The first kappa shape index (κ1) is 21.2. The number of rotatable bonds is 7. The van der Waals surface area contributed by atoms with Crippen LogP contribution in [0.4, 0.5) is 0 Å². The predicted octanol–water partition coefficient (Wildman–Crippen LogP) is 5.49. The molecule has 1 fully saturated rings. The van der Waals surface area contributed by atoms with Crippen molar-refractivity contribution in [3.05, 3.63) is 101 Å². The van der Waals surface area contributed by atoms with Gasteiger partial charge in [0.25, 0.3) is 0 Å². The van der Waals surface area contributed by atoms with Crippen LogP contribution in [0.15, 0.2) is 85.2 Å². The SMILES string of the molecule is Clc1ccccc1C(c1ccccc1)N1CCN(CCCn2cnc3ccccc32)CC1. The van der Waals surface area contributed by atoms with Crippen molar-refractivity contribution >= 4 is 22.6 Å². The molecule has 0 spiro atoms. The molecule has 1 unspecified atom stereocenters. The first-order chi connectivity index (χ1) is 15.8. The fraction of sp³-hybridized carbons (Fsp3) is 0.296. The molecule has 0 saturated carbocycles. The normalized spacial score (nSPS) is 16.4. The average molecular weight is 445 g/mol. The third-order valence-corrected chi connectivity index (χ3v) is 6.83. The second kappa shape index (κ2) is 9.86. The van der Waals surface area contributed by atoms with Crippen molar-refractivity contribution in [2.45, 2.75) is 19.0 Å². The topological polar surface area (TPSA) is 24.3 Å². The van der Waals surface area contributed by atoms with Gasteiger partial charge in [0.1, 0.15) is 0 Å². The summed E-state index contributed by atoms with van der Waals surface area (Å²) < 4.78 is 2.27. The van der Waals surface area contributed by atoms with Crippen LogP contribution >= 0.6 is 11.6 Å². The number of hydrogen-bond donors (Lipinski definition) is 0. The first-order valence-corrected chi connectivity index (χ1v) is 11.8. The van der Waals surface area contributed by atoms with E-state index in [9.17, 15) is 0 Å². The summed E-state index contributed by atoms with van der Waals surface area (Å²) in [5.74, 6) is 0. The molecule has 1 aliphatic heterocycles. The maximum atomic E-state index is 6.63. The predicted molar refractivity (Wildman–Crippen MR) is 132 cm³/mol. The zero-order valence-corrected chi connectivity index (χ0v) is 19.0. The van der Waals surface area contributed by atoms with E-state index in [0.717, 1.165) is 56.2 Å². The van der Waals surface area contributed by atoms with Gasteiger partial charge < -0.3 is 9.47 Å². The summed E-state index contributed by atoms with van der Waals surface area (Å²) in [4.78, 5) is 9.68. The third kappa shape index (κ3) is 4.58. The molecule has 0 radical (unpaired) electrons. The number of piperazine rings is 1. The smallest absolute Gasteiger partial charge is 0.0958 e. The van der Waals surface area contributed by atoms with Gasteiger partial charge in [0, 0.05) is 37.7 Å². The second-order valence-corrected chi connectivity index (χ2v) is 8.90. The molecule has 0 N–H and O–H groups in total. The van der Waals surface area contributed by atoms with Gasteiger partial charge in [0.2, 0.25) is 0 Å². The molecule has 0 bridgehead atoms. The second-order valence-electron chi connectivity index (χ2n) is 8.49. The molecule has 2 heterocycles. The average Bonchev–Trinajstić information content (AvgIpc) is 3.25. The van der Waals surface area contributed by atoms with E-state index in [0.29, 0.717) is 0 Å². The molecule has 1 aliphatic rings. The number of fused-ring (bicyclic) bond motifs is 1. The molecule has 4 nitrogen and oxygen atoms in total. The third-order valence-electron chi connectivity index (χ3n) is 6.49. The minimum atomic E-state index is 0.198. The Labute approximate surface area is 195 Å². The van der Waals surface area contributed by atoms with Crippen LogP contribution in [0.1, 0.15) is 23.6 Å². The molecule has 0 amide bonds. The maximum Gasteiger partial charge on any atom is 0.0958 e. The van der Waals surface area contributed by atoms with Crippen molar-refractivity contribution < 1.29 is 0 Å². The van der Waals surface area contributed by atoms with Crippen LogP contribution in [0.25, 0.3) is 11.0 Å². The number of aryl methyl sites for hydroxylation is 1. The molecule has 4 aromatic rings. The molecule has 1 saturated heterocycles. The lowest BCUT2D eigenvalue weighted by Gasteiger charge is -2.40. The molecule has 5 heteroatoms. The van der Waals surface area contributed by atoms with Gasteiger partial charge >= 0.3 is 0 Å². The van der Waals surface area contributed by atoms with Gasteiger partial charge in [0.15, 0.2) is 0 Å². The minimum Gasteiger partial charge on any atom is -0.331 e. The van der Waals surface area contributed by atoms with Gasteiger partial charge in [-0.2, -0.15) is 0 Å². The Morgan fingerprint density at radius 3 is 2.31 bits per heavy atom. The molecule has 1 aromatic heterocycles. The Kier molecular flexibility index (Phi) is 6.54. The monoisotopic (exact) mass is 444 g/mol. The zero-order valence-electron chi connectivity index (χ0n) is 18.3. The largest absolute Gasteiger partial charge is 0.331 e. The summed E-state index contributed by atoms with van der Waals surface area (Å²) >= 11 is 6.63. The Balaban J connectivity index is 1.21. The van der Waals surface area contributed by atoms with Crippen molar-refractivity contribution in [1.82, 2.24) is 19.4 Å². The van der Waals surface area contributed by atoms with E-state index in [2.05, 4.69) is 80.0 Å². The minimum absolute atomic E-state index is 0.198. The number of aromatic nitrogens is 2. The lowest BCUT2D eigenvalue weighted by molar-refractivity contribution is 0.108. The van der Waals surface area contributed by atoms with Gasteiger partial charge in [-0.05, 0) is 42.3 Å². The van der Waals surface area contributed by atoms with Crippen LogP contribution in [0.3, 0.4) is 0 Å². The van der Waals surface area contributed by atoms with Crippen molar-refractivity contribution in [3.8, 4) is 0 Å². The molecule has 1 atom stereocenters. The van der Waals surface area contributed by atoms with E-state index in [4.69, 9.17) is 11.6 Å². The quantitative estimate of drug-likeness (QED) is 0.377. The molecular formula is C27H29ClN4. The Morgan fingerprint density at radius 2 is 1.50 bits per heavy atom. The van der Waals surface area contributed by atoms with Crippen LogP contribution in [0, 0.1) is 0 Å². The number of para-hydroxylation sites is 2. The Hall–Kier alpha value is -2.66. The molecular weight excluding hydrogens is 416 g/mol. The number of hydrogen-bond acceptors (Lipinski definition) is 3. The highest BCUT2D eigenvalue weighted by Gasteiger charge is 2.27. The van der Waals surface area contributed by atoms with Gasteiger partial charge in [-0.1, -0.05) is 72.3 Å². The summed E-state index contributed by atoms with van der Waals surface area (Å²) in [6.07, 6.45) is 3.10. The van der Waals surface area contributed by atoms with Crippen LogP contribution in [0.2, 0.25) is 5.02 Å². The molecule has 5 rings (SSSR count). The van der Waals surface area contributed by atoms with Gasteiger partial charge in [-0.3, -0.25) is 4.90 Å². The van der Waals surface area contributed by atoms with Crippen molar-refractivity contribution in [2.24, 2.45) is 0 Å². The first-order valence-electron chi connectivity index (χ1n) is 11.5. The fourth-order valence-corrected chi connectivity index (χ4v) is 5.06. The van der Waals surface area contributed by atoms with E-state index < -0.39 is 0 Å². The summed E-state index contributed by atoms with van der Waals surface area (Å²) in [5.41, 5.74) is 4.80. The molecule has 164 valence electrons. The van der Waals surface area contributed by atoms with Crippen molar-refractivity contribution in [3.63, 3.8) is 0 Å². The molecule has 3 aromatic carbocycles. The number of benzene rings is 3. The zero-order chi connectivity index (χ0) is 21.8. The number of imidazole rings is 1. The summed E-state index contributed by atoms with van der Waals surface area (Å²) in [6, 6.07) is 27.6. The molecule has 0 aliphatic carbocycles. The van der Waals surface area contributed by atoms with Gasteiger partial charge in [-0.15, -0.1) is 0 Å². The summed E-state index contributed by atoms with van der Waals surface area (Å²) in [6.45, 7) is 6.37. The van der Waals surface area contributed by atoms with E-state index >= 15 is 0 Å². The molecule has 32 heavy (non-hydrogen) atoms. The van der Waals surface area contributed by atoms with E-state index in [-0.39, 0.29) is 6.04 Å². The Bertz CT molecular complexity index is 1150. The van der Waals surface area contributed by atoms with Crippen LogP contribution < -0.4 is 0 Å². The van der Waals surface area contributed by atoms with E-state index in [1.807, 2.05) is 24.5 Å². The number of halogens is 1. The highest BCUT2D eigenvalue weighted by molar-refractivity contribution is 6.31. The van der Waals surface area contributed by atoms with E-state index in [1.54, 1.807) is 0 Å². The highest BCUT2D eigenvalue weighted by atomic mass is 35.5. The summed E-state index contributed by atoms with van der Waals surface area (Å²) in [7, 11) is 0. The maximum absolute atomic E-state index is 6.63. The van der Waals surface area contributed by atoms with E-state index in [1.165, 1.54) is 16.6 Å². The fourth-order valence-electron chi connectivity index (χ4n) is 4.82. The van der Waals surface area contributed by atoms with Crippen LogP contribution in [0.5, 0.6) is 0 Å². The lowest BCUT2D eigenvalue weighted by Crippen LogP contribution is -2.48. The highest BCUT2D eigenvalue weighted by Crippen LogP contribution is 2.33. The van der Waals surface area contributed by atoms with Crippen LogP contribution in [-0.4, -0.2) is 52.1 Å². The summed E-state index contributed by atoms with van der Waals surface area (Å²) in [5, 5.41) is 0.844. The number of nitrogens with zero attached hydrogens (tertiary/aromatic N) is 4. The lowest BCUT2D eigenvalue weighted by atomic mass is 9.96. The van der Waals surface area contributed by atoms with Crippen LogP contribution in [-0.2, 0) is 6.54 Å². The standard InChI is InChI=1S/C27H29ClN4/c28-24-12-5-4-11-23(24)27(22-9-2-1-3-10-22)31-19-17-30(18-20-31)15-8-16-32-21-29-25-13-6-7-14-26(25)32/h1-7,9-14,21,27H,8,15-20H2. The van der Waals surface area contributed by atoms with Crippen molar-refractivity contribution in [1.29, 1.82) is 0 Å². The van der Waals surface area contributed by atoms with Crippen molar-refractivity contribution in [2.75, 3.05) is 32.7 Å². The Morgan fingerprint density at radius 1 is 0.781 bits per heavy atom.